The summed E-state index contributed by atoms with van der Waals surface area (Å²) >= 11 is 1.21. The highest BCUT2D eigenvalue weighted by atomic mass is 32.2. The largest absolute Gasteiger partial charge is 0.357 e. The Morgan fingerprint density at radius 3 is 2.29 bits per heavy atom. The maximum absolute atomic E-state index is 8.71. The van der Waals surface area contributed by atoms with Gasteiger partial charge in [-0.1, -0.05) is 11.8 Å². The number of aliphatic hydroxyl groups is 2. The average molecular weight is 120 g/mol. The Bertz CT molecular complexity index is 64.1. The molecule has 0 aliphatic carbocycles. The molecule has 0 aromatic heterocycles. The second kappa shape index (κ2) is 1.65. The van der Waals surface area contributed by atoms with Crippen LogP contribution in [0.1, 0.15) is 12.8 Å². The molecule has 3 heteroatoms. The number of thioether (sulfide) groups is 1. The first-order chi connectivity index (χ1) is 3.21. The lowest BCUT2D eigenvalue weighted by molar-refractivity contribution is -0.0757. The van der Waals surface area contributed by atoms with Gasteiger partial charge < -0.3 is 10.2 Å². The highest BCUT2D eigenvalue weighted by molar-refractivity contribution is 8.00. The van der Waals surface area contributed by atoms with Crippen LogP contribution in [0.4, 0.5) is 0 Å². The van der Waals surface area contributed by atoms with Crippen molar-refractivity contribution >= 4 is 11.8 Å². The molecule has 0 aromatic rings. The first-order valence-electron chi connectivity index (χ1n) is 2.29. The molecule has 1 rings (SSSR count). The van der Waals surface area contributed by atoms with Gasteiger partial charge in [-0.05, 0) is 12.2 Å². The van der Waals surface area contributed by atoms with E-state index in [1.54, 1.807) is 0 Å². The summed E-state index contributed by atoms with van der Waals surface area (Å²) in [6, 6.07) is 0. The predicted octanol–water partition coefficient (Wildman–Crippen LogP) is 0.152. The molecule has 1 saturated heterocycles. The van der Waals surface area contributed by atoms with Crippen LogP contribution in [0.15, 0.2) is 0 Å². The van der Waals surface area contributed by atoms with Gasteiger partial charge in [-0.25, -0.2) is 0 Å². The molecule has 2 nitrogen and oxygen atoms in total. The van der Waals surface area contributed by atoms with Crippen molar-refractivity contribution in [1.82, 2.24) is 0 Å². The number of rotatable bonds is 0. The van der Waals surface area contributed by atoms with E-state index in [-0.39, 0.29) is 0 Å². The van der Waals surface area contributed by atoms with E-state index < -0.39 is 5.12 Å². The van der Waals surface area contributed by atoms with Gasteiger partial charge in [0, 0.05) is 6.42 Å². The van der Waals surface area contributed by atoms with Gasteiger partial charge in [-0.2, -0.15) is 0 Å². The SMILES string of the molecule is OC1(O)CCCS1. The van der Waals surface area contributed by atoms with E-state index in [1.165, 1.54) is 11.8 Å². The molecule has 2 N–H and O–H groups in total. The highest BCUT2D eigenvalue weighted by Crippen LogP contribution is 2.32. The van der Waals surface area contributed by atoms with Gasteiger partial charge >= 0.3 is 0 Å². The zero-order valence-electron chi connectivity index (χ0n) is 3.92. The van der Waals surface area contributed by atoms with Gasteiger partial charge in [-0.15, -0.1) is 0 Å². The van der Waals surface area contributed by atoms with E-state index in [2.05, 4.69) is 0 Å². The van der Waals surface area contributed by atoms with E-state index in [9.17, 15) is 0 Å². The van der Waals surface area contributed by atoms with Crippen LogP contribution in [0.25, 0.3) is 0 Å². The Balaban J connectivity index is 2.40. The van der Waals surface area contributed by atoms with Crippen molar-refractivity contribution in [2.75, 3.05) is 5.75 Å². The van der Waals surface area contributed by atoms with Gasteiger partial charge in [0.1, 0.15) is 0 Å². The molecule has 0 saturated carbocycles. The van der Waals surface area contributed by atoms with Gasteiger partial charge in [-0.3, -0.25) is 0 Å². The fourth-order valence-corrected chi connectivity index (χ4v) is 1.51. The number of hydrogen-bond acceptors (Lipinski definition) is 3. The molecule has 1 aliphatic heterocycles. The smallest absolute Gasteiger partial charge is 0.213 e. The molecule has 0 amide bonds. The van der Waals surface area contributed by atoms with Crippen molar-refractivity contribution in [1.29, 1.82) is 0 Å². The molecule has 1 heterocycles. The summed E-state index contributed by atoms with van der Waals surface area (Å²) in [7, 11) is 0. The molecule has 0 bridgehead atoms. The first-order valence-corrected chi connectivity index (χ1v) is 3.28. The summed E-state index contributed by atoms with van der Waals surface area (Å²) in [5, 5.41) is 16.0. The van der Waals surface area contributed by atoms with E-state index in [1.807, 2.05) is 0 Å². The van der Waals surface area contributed by atoms with Crippen LogP contribution in [-0.2, 0) is 0 Å². The molecule has 42 valence electrons. The summed E-state index contributed by atoms with van der Waals surface area (Å²) in [4.78, 5) is 0. The van der Waals surface area contributed by atoms with Gasteiger partial charge in [0.2, 0.25) is 5.12 Å². The zero-order chi connectivity index (χ0) is 5.33. The van der Waals surface area contributed by atoms with Crippen LogP contribution in [0.2, 0.25) is 0 Å². The van der Waals surface area contributed by atoms with Crippen molar-refractivity contribution < 1.29 is 10.2 Å². The van der Waals surface area contributed by atoms with Gasteiger partial charge in [0.25, 0.3) is 0 Å². The Kier molecular flexibility index (Phi) is 1.28. The molecular formula is C4H8O2S. The molecule has 1 fully saturated rings. The minimum Gasteiger partial charge on any atom is -0.357 e. The van der Waals surface area contributed by atoms with E-state index in [4.69, 9.17) is 10.2 Å². The predicted molar refractivity (Wildman–Crippen MR) is 28.9 cm³/mol. The van der Waals surface area contributed by atoms with Crippen LogP contribution in [0.5, 0.6) is 0 Å². The maximum atomic E-state index is 8.71. The average Bonchev–Trinajstić information content (AvgIpc) is 1.84. The summed E-state index contributed by atoms with van der Waals surface area (Å²) in [5.41, 5.74) is 0. The molecule has 0 radical (unpaired) electrons. The fraction of sp³-hybridized carbons (Fsp3) is 1.00. The fourth-order valence-electron chi connectivity index (χ4n) is 0.610. The van der Waals surface area contributed by atoms with Crippen LogP contribution in [0, 0.1) is 0 Å². The second-order valence-corrected chi connectivity index (χ2v) is 3.05. The normalized spacial score (nSPS) is 28.3. The quantitative estimate of drug-likeness (QED) is 0.447. The Morgan fingerprint density at radius 2 is 2.14 bits per heavy atom. The third-order valence-corrected chi connectivity index (χ3v) is 2.14. The molecular weight excluding hydrogens is 112 g/mol. The van der Waals surface area contributed by atoms with E-state index in [0.29, 0.717) is 6.42 Å². The van der Waals surface area contributed by atoms with Gasteiger partial charge in [0.15, 0.2) is 0 Å². The van der Waals surface area contributed by atoms with Crippen molar-refractivity contribution in [2.45, 2.75) is 18.0 Å². The van der Waals surface area contributed by atoms with E-state index >= 15 is 0 Å². The molecule has 0 spiro atoms. The molecule has 1 aliphatic rings. The van der Waals surface area contributed by atoms with E-state index in [0.717, 1.165) is 12.2 Å². The topological polar surface area (TPSA) is 40.5 Å². The van der Waals surface area contributed by atoms with Crippen LogP contribution >= 0.6 is 11.8 Å². The van der Waals surface area contributed by atoms with Crippen molar-refractivity contribution in [3.8, 4) is 0 Å². The van der Waals surface area contributed by atoms with Crippen LogP contribution in [0.3, 0.4) is 0 Å². The monoisotopic (exact) mass is 120 g/mol. The van der Waals surface area contributed by atoms with Crippen LogP contribution in [-0.4, -0.2) is 21.1 Å². The Morgan fingerprint density at radius 1 is 1.43 bits per heavy atom. The Hall–Kier alpha value is 0.270. The highest BCUT2D eigenvalue weighted by Gasteiger charge is 2.28. The minimum absolute atomic E-state index is 0.525. The molecule has 7 heavy (non-hydrogen) atoms. The lowest BCUT2D eigenvalue weighted by Gasteiger charge is -2.09. The molecule has 0 aromatic carbocycles. The summed E-state index contributed by atoms with van der Waals surface area (Å²) < 4.78 is 0. The minimum atomic E-state index is -1.39. The lowest BCUT2D eigenvalue weighted by atomic mass is 10.3. The zero-order valence-corrected chi connectivity index (χ0v) is 4.74. The second-order valence-electron chi connectivity index (χ2n) is 1.70. The summed E-state index contributed by atoms with van der Waals surface area (Å²) in [5.74, 6) is 0.882. The summed E-state index contributed by atoms with van der Waals surface area (Å²) in [6.45, 7) is 0. The standard InChI is InChI=1S/C4H8O2S/c5-4(6)2-1-3-7-4/h5-6H,1-3H2. The first kappa shape index (κ1) is 5.41. The van der Waals surface area contributed by atoms with Crippen molar-refractivity contribution in [2.24, 2.45) is 0 Å². The van der Waals surface area contributed by atoms with Crippen LogP contribution < -0.4 is 0 Å². The lowest BCUT2D eigenvalue weighted by Crippen LogP contribution is -2.17. The summed E-state index contributed by atoms with van der Waals surface area (Å²) in [6.07, 6.45) is 1.45. The van der Waals surface area contributed by atoms with Gasteiger partial charge in [0.05, 0.1) is 0 Å². The molecule has 0 unspecified atom stereocenters. The third-order valence-electron chi connectivity index (χ3n) is 0.980. The number of hydrogen-bond donors (Lipinski definition) is 2. The maximum Gasteiger partial charge on any atom is 0.213 e. The molecule has 0 atom stereocenters. The van der Waals surface area contributed by atoms with Crippen molar-refractivity contribution in [3.63, 3.8) is 0 Å². The van der Waals surface area contributed by atoms with Crippen molar-refractivity contribution in [3.05, 3.63) is 0 Å². The Labute approximate surface area is 46.5 Å². The third kappa shape index (κ3) is 1.33.